The van der Waals surface area contributed by atoms with Crippen molar-refractivity contribution >= 4 is 11.8 Å². The fraction of sp³-hybridized carbons (Fsp3) is 0.200. The highest BCUT2D eigenvalue weighted by Crippen LogP contribution is 2.33. The third kappa shape index (κ3) is 4.97. The van der Waals surface area contributed by atoms with E-state index in [9.17, 15) is 14.0 Å². The summed E-state index contributed by atoms with van der Waals surface area (Å²) in [5.74, 6) is 5.78. The molecule has 0 bridgehead atoms. The fourth-order valence-corrected chi connectivity index (χ4v) is 4.52. The molecule has 2 aromatic carbocycles. The number of fused-ring (bicyclic) bond motifs is 1. The van der Waals surface area contributed by atoms with Crippen molar-refractivity contribution in [3.05, 3.63) is 95.8 Å². The molecule has 8 heteroatoms. The quantitative estimate of drug-likeness (QED) is 0.214. The molecule has 0 unspecified atom stereocenters. The topological polar surface area (TPSA) is 88.3 Å². The summed E-state index contributed by atoms with van der Waals surface area (Å²) in [5.41, 5.74) is 3.86. The molecule has 0 atom stereocenters. The van der Waals surface area contributed by atoms with Gasteiger partial charge in [-0.15, -0.1) is 0 Å². The summed E-state index contributed by atoms with van der Waals surface area (Å²) in [4.78, 5) is 35.9. The Kier molecular flexibility index (Phi) is 7.38. The first-order valence-electron chi connectivity index (χ1n) is 12.4. The number of benzene rings is 2. The van der Waals surface area contributed by atoms with Crippen molar-refractivity contribution in [2.24, 2.45) is 0 Å². The zero-order chi connectivity index (χ0) is 26.5. The first-order chi connectivity index (χ1) is 18.6. The van der Waals surface area contributed by atoms with Crippen LogP contribution in [0.2, 0.25) is 0 Å². The molecule has 0 spiro atoms. The lowest BCUT2D eigenvalue weighted by molar-refractivity contribution is 0.0651. The standard InChI is InChI=1S/C30H25FN4O3/c31-23-12-10-21(11-13-23)27-28(22-14-16-32-17-15-22)34(26(33-27)9-2-1-5-20-36)18-6-19-35-29(37)24-7-3-4-8-25(24)30(35)38/h3-4,7-8,10-17,36H,1,5-6,18-20H2. The van der Waals surface area contributed by atoms with Gasteiger partial charge in [-0.25, -0.2) is 9.37 Å². The normalized spacial score (nSPS) is 12.4. The van der Waals surface area contributed by atoms with E-state index < -0.39 is 0 Å². The van der Waals surface area contributed by atoms with E-state index in [0.29, 0.717) is 48.5 Å². The Balaban J connectivity index is 1.50. The number of imidazole rings is 1. The molecule has 1 aliphatic rings. The van der Waals surface area contributed by atoms with Gasteiger partial charge < -0.3 is 9.67 Å². The monoisotopic (exact) mass is 508 g/mol. The van der Waals surface area contributed by atoms with Crippen molar-refractivity contribution in [2.75, 3.05) is 13.2 Å². The average molecular weight is 509 g/mol. The number of hydrogen-bond acceptors (Lipinski definition) is 5. The minimum absolute atomic E-state index is 0.0481. The molecule has 2 amide bonds. The Labute approximate surface area is 219 Å². The maximum atomic E-state index is 13.7. The number of aliphatic hydroxyl groups excluding tert-OH is 1. The molecule has 7 nitrogen and oxygen atoms in total. The van der Waals surface area contributed by atoms with Crippen LogP contribution in [0, 0.1) is 17.7 Å². The van der Waals surface area contributed by atoms with E-state index in [1.54, 1.807) is 48.8 Å². The van der Waals surface area contributed by atoms with Gasteiger partial charge in [-0.1, -0.05) is 18.1 Å². The van der Waals surface area contributed by atoms with Crippen LogP contribution in [0.25, 0.3) is 22.5 Å². The largest absolute Gasteiger partial charge is 0.396 e. The lowest BCUT2D eigenvalue weighted by atomic mass is 10.1. The van der Waals surface area contributed by atoms with E-state index in [1.165, 1.54) is 17.0 Å². The van der Waals surface area contributed by atoms with Gasteiger partial charge in [-0.3, -0.25) is 19.5 Å². The maximum absolute atomic E-state index is 13.7. The van der Waals surface area contributed by atoms with Crippen LogP contribution in [0.3, 0.4) is 0 Å². The number of carbonyl (C=O) groups is 2. The molecule has 2 aromatic heterocycles. The summed E-state index contributed by atoms with van der Waals surface area (Å²) in [6, 6.07) is 16.7. The van der Waals surface area contributed by atoms with Gasteiger partial charge in [0.05, 0.1) is 22.5 Å². The van der Waals surface area contributed by atoms with Gasteiger partial charge in [0.15, 0.2) is 5.82 Å². The number of imide groups is 1. The van der Waals surface area contributed by atoms with Gasteiger partial charge >= 0.3 is 0 Å². The molecule has 0 saturated carbocycles. The highest BCUT2D eigenvalue weighted by molar-refractivity contribution is 6.21. The highest BCUT2D eigenvalue weighted by atomic mass is 19.1. The van der Waals surface area contributed by atoms with Crippen molar-refractivity contribution in [1.29, 1.82) is 0 Å². The molecule has 5 rings (SSSR count). The fourth-order valence-electron chi connectivity index (χ4n) is 4.52. The van der Waals surface area contributed by atoms with Crippen LogP contribution in [0.5, 0.6) is 0 Å². The van der Waals surface area contributed by atoms with E-state index in [-0.39, 0.29) is 30.8 Å². The molecular formula is C30H25FN4O3. The Bertz CT molecular complexity index is 1500. The van der Waals surface area contributed by atoms with Gasteiger partial charge in [0.1, 0.15) is 5.82 Å². The zero-order valence-electron chi connectivity index (χ0n) is 20.6. The molecule has 4 aromatic rings. The van der Waals surface area contributed by atoms with E-state index in [4.69, 9.17) is 10.1 Å². The number of carbonyl (C=O) groups excluding carboxylic acids is 2. The number of halogens is 1. The van der Waals surface area contributed by atoms with Crippen LogP contribution in [-0.2, 0) is 6.54 Å². The lowest BCUT2D eigenvalue weighted by Crippen LogP contribution is -2.31. The highest BCUT2D eigenvalue weighted by Gasteiger charge is 2.34. The first-order valence-corrected chi connectivity index (χ1v) is 12.4. The third-order valence-corrected chi connectivity index (χ3v) is 6.34. The first kappa shape index (κ1) is 25.1. The number of aliphatic hydroxyl groups is 1. The van der Waals surface area contributed by atoms with E-state index >= 15 is 0 Å². The molecule has 0 aliphatic carbocycles. The molecule has 0 fully saturated rings. The number of amides is 2. The second-order valence-corrected chi connectivity index (χ2v) is 8.82. The van der Waals surface area contributed by atoms with E-state index in [2.05, 4.69) is 16.8 Å². The summed E-state index contributed by atoms with van der Waals surface area (Å²) in [6.07, 6.45) is 4.91. The number of hydrogen-bond donors (Lipinski definition) is 1. The Morgan fingerprint density at radius 2 is 1.53 bits per heavy atom. The molecule has 0 radical (unpaired) electrons. The third-order valence-electron chi connectivity index (χ3n) is 6.34. The van der Waals surface area contributed by atoms with Crippen molar-refractivity contribution in [3.63, 3.8) is 0 Å². The van der Waals surface area contributed by atoms with Gasteiger partial charge in [0.2, 0.25) is 0 Å². The number of nitrogens with zero attached hydrogens (tertiary/aromatic N) is 4. The van der Waals surface area contributed by atoms with Crippen LogP contribution in [-0.4, -0.2) is 49.5 Å². The van der Waals surface area contributed by atoms with E-state index in [0.717, 1.165) is 16.8 Å². The predicted octanol–water partition coefficient (Wildman–Crippen LogP) is 4.56. The summed E-state index contributed by atoms with van der Waals surface area (Å²) < 4.78 is 15.7. The van der Waals surface area contributed by atoms with Crippen molar-refractivity contribution in [1.82, 2.24) is 19.4 Å². The van der Waals surface area contributed by atoms with Crippen LogP contribution < -0.4 is 0 Å². The van der Waals surface area contributed by atoms with Crippen molar-refractivity contribution < 1.29 is 19.1 Å². The number of rotatable bonds is 8. The number of aromatic nitrogens is 3. The Morgan fingerprint density at radius 3 is 2.18 bits per heavy atom. The van der Waals surface area contributed by atoms with Gasteiger partial charge in [-0.05, 0) is 67.3 Å². The summed E-state index contributed by atoms with van der Waals surface area (Å²) in [6.45, 7) is 0.722. The second kappa shape index (κ2) is 11.2. The SMILES string of the molecule is O=C1c2ccccc2C(=O)N1CCCn1c(C#CCCCO)nc(-c2ccc(F)cc2)c1-c1ccncc1. The Hall–Kier alpha value is -4.61. The summed E-state index contributed by atoms with van der Waals surface area (Å²) in [5, 5.41) is 9.13. The molecule has 1 N–H and O–H groups in total. The molecule has 190 valence electrons. The average Bonchev–Trinajstić information content (AvgIpc) is 3.42. The maximum Gasteiger partial charge on any atom is 0.261 e. The predicted molar refractivity (Wildman–Crippen MR) is 140 cm³/mol. The van der Waals surface area contributed by atoms with Crippen LogP contribution in [0.1, 0.15) is 45.8 Å². The molecular weight excluding hydrogens is 483 g/mol. The molecule has 38 heavy (non-hydrogen) atoms. The zero-order valence-corrected chi connectivity index (χ0v) is 20.6. The van der Waals surface area contributed by atoms with Crippen LogP contribution >= 0.6 is 0 Å². The van der Waals surface area contributed by atoms with Crippen molar-refractivity contribution in [3.8, 4) is 34.4 Å². The lowest BCUT2D eigenvalue weighted by Gasteiger charge is -2.16. The number of pyridine rings is 1. The van der Waals surface area contributed by atoms with Gasteiger partial charge in [-0.2, -0.15) is 0 Å². The minimum atomic E-state index is -0.344. The Morgan fingerprint density at radius 1 is 0.842 bits per heavy atom. The molecule has 1 aliphatic heterocycles. The van der Waals surface area contributed by atoms with Crippen LogP contribution in [0.15, 0.2) is 73.1 Å². The van der Waals surface area contributed by atoms with Crippen LogP contribution in [0.4, 0.5) is 4.39 Å². The summed E-state index contributed by atoms with van der Waals surface area (Å²) >= 11 is 0. The number of unbranched alkanes of at least 4 members (excludes halogenated alkanes) is 1. The molecule has 0 saturated heterocycles. The van der Waals surface area contributed by atoms with Gasteiger partial charge in [0.25, 0.3) is 11.8 Å². The van der Waals surface area contributed by atoms with Crippen molar-refractivity contribution in [2.45, 2.75) is 25.8 Å². The second-order valence-electron chi connectivity index (χ2n) is 8.82. The summed E-state index contributed by atoms with van der Waals surface area (Å²) in [7, 11) is 0. The van der Waals surface area contributed by atoms with Gasteiger partial charge in [0, 0.05) is 49.6 Å². The minimum Gasteiger partial charge on any atom is -0.396 e. The van der Waals surface area contributed by atoms with E-state index in [1.807, 2.05) is 16.7 Å². The smallest absolute Gasteiger partial charge is 0.261 e. The molecule has 3 heterocycles.